The fourth-order valence-electron chi connectivity index (χ4n) is 2.33. The maximum Gasteiger partial charge on any atom is 0.417 e. The van der Waals surface area contributed by atoms with E-state index in [0.29, 0.717) is 11.9 Å². The number of nitrogens with one attached hydrogen (secondary N) is 1. The number of anilines is 1. The van der Waals surface area contributed by atoms with Gasteiger partial charge >= 0.3 is 6.18 Å². The van der Waals surface area contributed by atoms with E-state index >= 15 is 0 Å². The van der Waals surface area contributed by atoms with Gasteiger partial charge in [-0.1, -0.05) is 23.8 Å². The summed E-state index contributed by atoms with van der Waals surface area (Å²) in [6.07, 6.45) is 3.19. The summed E-state index contributed by atoms with van der Waals surface area (Å²) in [6, 6.07) is 2.05. The van der Waals surface area contributed by atoms with Gasteiger partial charge in [-0.05, 0) is 25.0 Å². The fraction of sp³-hybridized carbons (Fsp3) is 0.267. The lowest BCUT2D eigenvalue weighted by atomic mass is 10.2. The Kier molecular flexibility index (Phi) is 4.31. The smallest absolute Gasteiger partial charge is 0.379 e. The van der Waals surface area contributed by atoms with Gasteiger partial charge in [0, 0.05) is 12.2 Å². The maximum atomic E-state index is 12.6. The first kappa shape index (κ1) is 16.5. The summed E-state index contributed by atoms with van der Waals surface area (Å²) in [6.45, 7) is 0. The molecule has 1 aliphatic carbocycles. The second kappa shape index (κ2) is 6.27. The van der Waals surface area contributed by atoms with Crippen LogP contribution < -0.4 is 10.9 Å². The van der Waals surface area contributed by atoms with Gasteiger partial charge in [-0.2, -0.15) is 23.0 Å². The van der Waals surface area contributed by atoms with Gasteiger partial charge in [-0.15, -0.1) is 0 Å². The molecule has 0 unspecified atom stereocenters. The first-order chi connectivity index (χ1) is 11.4. The predicted octanol–water partition coefficient (Wildman–Crippen LogP) is 3.43. The van der Waals surface area contributed by atoms with Crippen molar-refractivity contribution in [1.82, 2.24) is 14.8 Å². The summed E-state index contributed by atoms with van der Waals surface area (Å²) in [5, 5.41) is 6.97. The number of halogens is 4. The second-order valence-electron chi connectivity index (χ2n) is 5.28. The van der Waals surface area contributed by atoms with Crippen LogP contribution in [0, 0.1) is 0 Å². The molecule has 2 aromatic rings. The van der Waals surface area contributed by atoms with E-state index in [0.717, 1.165) is 29.7 Å². The van der Waals surface area contributed by atoms with Crippen LogP contribution in [0.15, 0.2) is 41.5 Å². The molecule has 0 saturated carbocycles. The molecule has 5 nitrogen and oxygen atoms in total. The third kappa shape index (κ3) is 3.28. The lowest BCUT2D eigenvalue weighted by Gasteiger charge is -2.15. The highest BCUT2D eigenvalue weighted by atomic mass is 35.5. The van der Waals surface area contributed by atoms with E-state index in [1.165, 1.54) is 6.20 Å². The Balaban J connectivity index is 1.89. The third-order valence-electron chi connectivity index (χ3n) is 3.58. The summed E-state index contributed by atoms with van der Waals surface area (Å²) in [7, 11) is 0. The van der Waals surface area contributed by atoms with Gasteiger partial charge in [0.2, 0.25) is 0 Å². The molecule has 1 N–H and O–H groups in total. The molecule has 0 fully saturated rings. The molecule has 0 bridgehead atoms. The zero-order valence-electron chi connectivity index (χ0n) is 12.2. The van der Waals surface area contributed by atoms with Crippen molar-refractivity contribution in [3.63, 3.8) is 0 Å². The normalized spacial score (nSPS) is 15.0. The van der Waals surface area contributed by atoms with Crippen LogP contribution in [-0.2, 0) is 6.18 Å². The minimum Gasteiger partial charge on any atom is -0.379 e. The van der Waals surface area contributed by atoms with Gasteiger partial charge in [0.25, 0.3) is 5.56 Å². The molecule has 0 spiro atoms. The van der Waals surface area contributed by atoms with Gasteiger partial charge in [0.05, 0.1) is 17.4 Å². The first-order valence-electron chi connectivity index (χ1n) is 7.09. The number of nitrogens with zero attached hydrogens (tertiary/aromatic N) is 3. The van der Waals surface area contributed by atoms with Crippen LogP contribution in [0.2, 0.25) is 5.02 Å². The fourth-order valence-corrected chi connectivity index (χ4v) is 2.51. The molecule has 0 radical (unpaired) electrons. The number of hydrogen-bond acceptors (Lipinski definition) is 4. The topological polar surface area (TPSA) is 59.8 Å². The lowest BCUT2D eigenvalue weighted by molar-refractivity contribution is -0.137. The molecular formula is C15H12ClF3N4O. The third-order valence-corrected chi connectivity index (χ3v) is 3.94. The minimum atomic E-state index is -4.50. The van der Waals surface area contributed by atoms with Crippen LogP contribution in [0.5, 0.6) is 0 Å². The average Bonchev–Trinajstić information content (AvgIpc) is 3.04. The summed E-state index contributed by atoms with van der Waals surface area (Å²) in [5.41, 5.74) is -1.17. The van der Waals surface area contributed by atoms with Crippen LogP contribution >= 0.6 is 11.6 Å². The zero-order chi connectivity index (χ0) is 17.3. The van der Waals surface area contributed by atoms with Crippen LogP contribution in [-0.4, -0.2) is 20.8 Å². The SMILES string of the molecule is O=c1c(Cl)c(NC2CC=CC2)cnn1-c1ccc(C(F)(F)F)cn1. The molecule has 9 heteroatoms. The highest BCUT2D eigenvalue weighted by Gasteiger charge is 2.30. The monoisotopic (exact) mass is 356 g/mol. The Morgan fingerprint density at radius 3 is 2.50 bits per heavy atom. The quantitative estimate of drug-likeness (QED) is 0.856. The number of hydrogen-bond donors (Lipinski definition) is 1. The van der Waals surface area contributed by atoms with Gasteiger partial charge in [-0.3, -0.25) is 4.79 Å². The zero-order valence-corrected chi connectivity index (χ0v) is 13.0. The van der Waals surface area contributed by atoms with Crippen LogP contribution in [0.4, 0.5) is 18.9 Å². The molecule has 1 aliphatic rings. The van der Waals surface area contributed by atoms with Crippen LogP contribution in [0.25, 0.3) is 5.82 Å². The van der Waals surface area contributed by atoms with E-state index in [1.807, 2.05) is 12.2 Å². The number of pyridine rings is 1. The largest absolute Gasteiger partial charge is 0.417 e. The molecule has 0 amide bonds. The first-order valence-corrected chi connectivity index (χ1v) is 7.47. The van der Waals surface area contributed by atoms with Gasteiger partial charge in [0.15, 0.2) is 5.82 Å². The summed E-state index contributed by atoms with van der Waals surface area (Å²) >= 11 is 6.07. The van der Waals surface area contributed by atoms with E-state index in [9.17, 15) is 18.0 Å². The number of rotatable bonds is 3. The lowest BCUT2D eigenvalue weighted by Crippen LogP contribution is -2.25. The number of aromatic nitrogens is 3. The average molecular weight is 357 g/mol. The van der Waals surface area contributed by atoms with E-state index in [-0.39, 0.29) is 16.9 Å². The Morgan fingerprint density at radius 2 is 1.92 bits per heavy atom. The Labute approximate surface area is 139 Å². The molecule has 2 heterocycles. The van der Waals surface area contributed by atoms with E-state index < -0.39 is 17.3 Å². The summed E-state index contributed by atoms with van der Waals surface area (Å²) < 4.78 is 38.5. The van der Waals surface area contributed by atoms with E-state index in [2.05, 4.69) is 15.4 Å². The van der Waals surface area contributed by atoms with Gasteiger partial charge in [0.1, 0.15) is 5.02 Å². The molecule has 2 aromatic heterocycles. The standard InChI is InChI=1S/C15H12ClF3N4O/c16-13-11(22-10-3-1-2-4-10)8-21-23(14(13)24)12-6-5-9(7-20-12)15(17,18)19/h1-2,5-8,10,22H,3-4H2. The molecular weight excluding hydrogens is 345 g/mol. The van der Waals surface area contributed by atoms with Crippen molar-refractivity contribution in [2.45, 2.75) is 25.1 Å². The molecule has 0 aliphatic heterocycles. The van der Waals surface area contributed by atoms with Crippen LogP contribution in [0.3, 0.4) is 0 Å². The van der Waals surface area contributed by atoms with Crippen molar-refractivity contribution in [3.8, 4) is 5.82 Å². The van der Waals surface area contributed by atoms with Crippen molar-refractivity contribution in [1.29, 1.82) is 0 Å². The summed E-state index contributed by atoms with van der Waals surface area (Å²) in [5.74, 6) is -0.0380. The van der Waals surface area contributed by atoms with Gasteiger partial charge < -0.3 is 5.32 Å². The second-order valence-corrected chi connectivity index (χ2v) is 5.65. The van der Waals surface area contributed by atoms with Crippen LogP contribution in [0.1, 0.15) is 18.4 Å². The Bertz CT molecular complexity index is 822. The molecule has 0 aromatic carbocycles. The van der Waals surface area contributed by atoms with Crippen molar-refractivity contribution in [2.75, 3.05) is 5.32 Å². The van der Waals surface area contributed by atoms with Crippen molar-refractivity contribution in [2.24, 2.45) is 0 Å². The summed E-state index contributed by atoms with van der Waals surface area (Å²) in [4.78, 5) is 15.9. The van der Waals surface area contributed by atoms with E-state index in [1.54, 1.807) is 0 Å². The highest BCUT2D eigenvalue weighted by Crippen LogP contribution is 2.28. The molecule has 126 valence electrons. The predicted molar refractivity (Wildman–Crippen MR) is 83.4 cm³/mol. The van der Waals surface area contributed by atoms with E-state index in [4.69, 9.17) is 11.6 Å². The Hall–Kier alpha value is -2.35. The van der Waals surface area contributed by atoms with Gasteiger partial charge in [-0.25, -0.2) is 4.98 Å². The molecule has 0 saturated heterocycles. The van der Waals surface area contributed by atoms with Crippen molar-refractivity contribution in [3.05, 3.63) is 57.6 Å². The highest BCUT2D eigenvalue weighted by molar-refractivity contribution is 6.32. The minimum absolute atomic E-state index is 0.0380. The maximum absolute atomic E-state index is 12.6. The Morgan fingerprint density at radius 1 is 1.21 bits per heavy atom. The van der Waals surface area contributed by atoms with Crippen molar-refractivity contribution >= 4 is 17.3 Å². The molecule has 0 atom stereocenters. The molecule has 24 heavy (non-hydrogen) atoms. The van der Waals surface area contributed by atoms with Crippen molar-refractivity contribution < 1.29 is 13.2 Å². The molecule has 3 rings (SSSR count). The number of alkyl halides is 3.